The summed E-state index contributed by atoms with van der Waals surface area (Å²) in [6.45, 7) is 8.42. The standard InChI is InChI=1S/C9H17NO2/c1-5-8(11)10-7(2)6-12-9(10,3)4/h7H,5-6H2,1-4H3. The number of hydrogen-bond acceptors (Lipinski definition) is 2. The number of carbonyl (C=O) groups excluding carboxylic acids is 1. The zero-order valence-corrected chi connectivity index (χ0v) is 8.26. The molecule has 70 valence electrons. The first-order chi connectivity index (χ1) is 5.49. The maximum Gasteiger partial charge on any atom is 0.224 e. The molecule has 0 N–H and O–H groups in total. The molecular weight excluding hydrogens is 154 g/mol. The van der Waals surface area contributed by atoms with E-state index in [2.05, 4.69) is 0 Å². The van der Waals surface area contributed by atoms with Crippen molar-refractivity contribution in [2.24, 2.45) is 0 Å². The Balaban J connectivity index is 2.78. The molecule has 1 heterocycles. The predicted molar refractivity (Wildman–Crippen MR) is 46.6 cm³/mol. The van der Waals surface area contributed by atoms with E-state index in [9.17, 15) is 4.79 Å². The van der Waals surface area contributed by atoms with Gasteiger partial charge in [-0.2, -0.15) is 0 Å². The van der Waals surface area contributed by atoms with Crippen molar-refractivity contribution >= 4 is 5.91 Å². The highest BCUT2D eigenvalue weighted by molar-refractivity contribution is 5.77. The number of hydrogen-bond donors (Lipinski definition) is 0. The van der Waals surface area contributed by atoms with Crippen molar-refractivity contribution in [1.82, 2.24) is 4.90 Å². The van der Waals surface area contributed by atoms with Crippen LogP contribution in [-0.2, 0) is 9.53 Å². The van der Waals surface area contributed by atoms with Gasteiger partial charge in [-0.25, -0.2) is 0 Å². The van der Waals surface area contributed by atoms with E-state index >= 15 is 0 Å². The van der Waals surface area contributed by atoms with Crippen LogP contribution in [-0.4, -0.2) is 29.2 Å². The van der Waals surface area contributed by atoms with Gasteiger partial charge in [0, 0.05) is 6.42 Å². The molecule has 1 aliphatic heterocycles. The van der Waals surface area contributed by atoms with E-state index in [0.29, 0.717) is 13.0 Å². The van der Waals surface area contributed by atoms with Gasteiger partial charge in [-0.1, -0.05) is 6.92 Å². The van der Waals surface area contributed by atoms with Gasteiger partial charge in [0.1, 0.15) is 5.72 Å². The van der Waals surface area contributed by atoms with Gasteiger partial charge in [0.15, 0.2) is 0 Å². The minimum atomic E-state index is -0.410. The van der Waals surface area contributed by atoms with Crippen LogP contribution in [0.25, 0.3) is 0 Å². The second kappa shape index (κ2) is 3.05. The summed E-state index contributed by atoms with van der Waals surface area (Å²) in [5.41, 5.74) is -0.410. The first-order valence-electron chi connectivity index (χ1n) is 4.45. The molecule has 0 spiro atoms. The van der Waals surface area contributed by atoms with E-state index in [1.807, 2.05) is 32.6 Å². The van der Waals surface area contributed by atoms with Gasteiger partial charge in [0.25, 0.3) is 0 Å². The van der Waals surface area contributed by atoms with Gasteiger partial charge in [-0.3, -0.25) is 4.79 Å². The zero-order chi connectivity index (χ0) is 9.35. The lowest BCUT2D eigenvalue weighted by Crippen LogP contribution is -2.46. The van der Waals surface area contributed by atoms with Gasteiger partial charge < -0.3 is 9.64 Å². The van der Waals surface area contributed by atoms with Crippen LogP contribution in [0.1, 0.15) is 34.1 Å². The number of rotatable bonds is 1. The lowest BCUT2D eigenvalue weighted by molar-refractivity contribution is -0.145. The maximum atomic E-state index is 11.5. The summed E-state index contributed by atoms with van der Waals surface area (Å²) in [4.78, 5) is 13.3. The van der Waals surface area contributed by atoms with Crippen LogP contribution in [0.15, 0.2) is 0 Å². The molecule has 1 saturated heterocycles. The minimum absolute atomic E-state index is 0.171. The third kappa shape index (κ3) is 1.46. The van der Waals surface area contributed by atoms with Crippen molar-refractivity contribution in [2.45, 2.75) is 45.9 Å². The number of carbonyl (C=O) groups is 1. The summed E-state index contributed by atoms with van der Waals surface area (Å²) in [5.74, 6) is 0.171. The Morgan fingerprint density at radius 2 is 2.25 bits per heavy atom. The van der Waals surface area contributed by atoms with Crippen LogP contribution in [0.2, 0.25) is 0 Å². The van der Waals surface area contributed by atoms with Crippen molar-refractivity contribution in [3.8, 4) is 0 Å². The number of ether oxygens (including phenoxy) is 1. The summed E-state index contributed by atoms with van der Waals surface area (Å²) in [7, 11) is 0. The van der Waals surface area contributed by atoms with E-state index < -0.39 is 5.72 Å². The van der Waals surface area contributed by atoms with Crippen LogP contribution >= 0.6 is 0 Å². The second-order valence-electron chi connectivity index (χ2n) is 3.72. The van der Waals surface area contributed by atoms with E-state index in [1.165, 1.54) is 0 Å². The second-order valence-corrected chi connectivity index (χ2v) is 3.72. The van der Waals surface area contributed by atoms with E-state index in [0.717, 1.165) is 0 Å². The van der Waals surface area contributed by atoms with Crippen LogP contribution in [0.3, 0.4) is 0 Å². The highest BCUT2D eigenvalue weighted by Crippen LogP contribution is 2.27. The fraction of sp³-hybridized carbons (Fsp3) is 0.889. The molecule has 0 aromatic heterocycles. The highest BCUT2D eigenvalue weighted by Gasteiger charge is 2.40. The molecule has 3 heteroatoms. The van der Waals surface area contributed by atoms with Gasteiger partial charge in [0.05, 0.1) is 12.6 Å². The zero-order valence-electron chi connectivity index (χ0n) is 8.26. The Morgan fingerprint density at radius 3 is 2.58 bits per heavy atom. The number of amides is 1. The molecule has 1 fully saturated rings. The molecule has 1 amide bonds. The van der Waals surface area contributed by atoms with Crippen molar-refractivity contribution < 1.29 is 9.53 Å². The molecule has 1 unspecified atom stereocenters. The van der Waals surface area contributed by atoms with Crippen molar-refractivity contribution in [3.05, 3.63) is 0 Å². The van der Waals surface area contributed by atoms with Crippen molar-refractivity contribution in [3.63, 3.8) is 0 Å². The summed E-state index contributed by atoms with van der Waals surface area (Å²) < 4.78 is 5.49. The molecule has 3 nitrogen and oxygen atoms in total. The Bertz CT molecular complexity index is 189. The average Bonchev–Trinajstić information content (AvgIpc) is 2.25. The molecule has 0 bridgehead atoms. The van der Waals surface area contributed by atoms with E-state index in [4.69, 9.17) is 4.74 Å². The van der Waals surface area contributed by atoms with Gasteiger partial charge in [-0.15, -0.1) is 0 Å². The minimum Gasteiger partial charge on any atom is -0.354 e. The largest absolute Gasteiger partial charge is 0.354 e. The molecule has 1 atom stereocenters. The molecule has 1 aliphatic rings. The first-order valence-corrected chi connectivity index (χ1v) is 4.45. The van der Waals surface area contributed by atoms with Crippen molar-refractivity contribution in [1.29, 1.82) is 0 Å². The first kappa shape index (κ1) is 9.52. The lowest BCUT2D eigenvalue weighted by atomic mass is 10.2. The Labute approximate surface area is 73.7 Å². The Morgan fingerprint density at radius 1 is 1.67 bits per heavy atom. The SMILES string of the molecule is CCC(=O)N1C(C)COC1(C)C. The lowest BCUT2D eigenvalue weighted by Gasteiger charge is -2.32. The molecule has 0 saturated carbocycles. The molecule has 0 aliphatic carbocycles. The predicted octanol–water partition coefficient (Wildman–Crippen LogP) is 1.38. The molecular formula is C9H17NO2. The monoisotopic (exact) mass is 171 g/mol. The fourth-order valence-electron chi connectivity index (χ4n) is 1.72. The molecule has 0 radical (unpaired) electrons. The fourth-order valence-corrected chi connectivity index (χ4v) is 1.72. The van der Waals surface area contributed by atoms with Gasteiger partial charge in [-0.05, 0) is 20.8 Å². The van der Waals surface area contributed by atoms with E-state index in [1.54, 1.807) is 0 Å². The Kier molecular flexibility index (Phi) is 2.42. The van der Waals surface area contributed by atoms with Gasteiger partial charge in [0.2, 0.25) is 5.91 Å². The molecule has 1 rings (SSSR count). The summed E-state index contributed by atoms with van der Waals surface area (Å²) in [6.07, 6.45) is 0.553. The Hall–Kier alpha value is -0.570. The third-order valence-corrected chi connectivity index (χ3v) is 2.27. The van der Waals surface area contributed by atoms with Crippen LogP contribution in [0, 0.1) is 0 Å². The smallest absolute Gasteiger partial charge is 0.224 e. The van der Waals surface area contributed by atoms with Crippen LogP contribution in [0.4, 0.5) is 0 Å². The van der Waals surface area contributed by atoms with Crippen LogP contribution < -0.4 is 0 Å². The molecule has 0 aromatic rings. The maximum absolute atomic E-state index is 11.5. The normalized spacial score (nSPS) is 27.7. The average molecular weight is 171 g/mol. The number of nitrogens with zero attached hydrogens (tertiary/aromatic N) is 1. The summed E-state index contributed by atoms with van der Waals surface area (Å²) in [5, 5.41) is 0. The molecule has 12 heavy (non-hydrogen) atoms. The van der Waals surface area contributed by atoms with Gasteiger partial charge >= 0.3 is 0 Å². The van der Waals surface area contributed by atoms with Crippen molar-refractivity contribution in [2.75, 3.05) is 6.61 Å². The summed E-state index contributed by atoms with van der Waals surface area (Å²) >= 11 is 0. The van der Waals surface area contributed by atoms with E-state index in [-0.39, 0.29) is 11.9 Å². The summed E-state index contributed by atoms with van der Waals surface area (Å²) in [6, 6.07) is 0.215. The molecule has 0 aromatic carbocycles. The quantitative estimate of drug-likeness (QED) is 0.596. The van der Waals surface area contributed by atoms with Crippen LogP contribution in [0.5, 0.6) is 0 Å². The topological polar surface area (TPSA) is 29.5 Å². The highest BCUT2D eigenvalue weighted by atomic mass is 16.5. The third-order valence-electron chi connectivity index (χ3n) is 2.27.